The zero-order valence-electron chi connectivity index (χ0n) is 13.7. The number of aldehydes is 1. The third kappa shape index (κ3) is 3.19. The van der Waals surface area contributed by atoms with Gasteiger partial charge in [0.05, 0.1) is 19.2 Å². The number of likely N-dealkylation sites (tertiary alicyclic amines) is 1. The van der Waals surface area contributed by atoms with Crippen LogP contribution in [0.4, 0.5) is 0 Å². The molecule has 8 nitrogen and oxygen atoms in total. The molecule has 2 aliphatic heterocycles. The second-order valence-electron chi connectivity index (χ2n) is 6.20. The standard InChI is InChI=1S/C17H18N2O6/c1-24-16(23)13-8-17(25-18-13)5-2-6-19(10-17)15(22)11-3-4-14(21)12(7-11)9-20/h3-4,7,9,21H,2,5-6,8,10H2,1H3. The van der Waals surface area contributed by atoms with Gasteiger partial charge in [-0.3, -0.25) is 9.59 Å². The number of esters is 1. The molecule has 0 aliphatic carbocycles. The Hall–Kier alpha value is -2.90. The van der Waals surface area contributed by atoms with Crippen LogP contribution in [0.2, 0.25) is 0 Å². The summed E-state index contributed by atoms with van der Waals surface area (Å²) in [7, 11) is 1.28. The van der Waals surface area contributed by atoms with Gasteiger partial charge in [-0.05, 0) is 31.0 Å². The van der Waals surface area contributed by atoms with E-state index in [4.69, 9.17) is 4.84 Å². The quantitative estimate of drug-likeness (QED) is 0.650. The number of nitrogens with zero attached hydrogens (tertiary/aromatic N) is 2. The minimum absolute atomic E-state index is 0.0611. The van der Waals surface area contributed by atoms with Crippen LogP contribution in [-0.4, -0.2) is 59.7 Å². The topological polar surface area (TPSA) is 106 Å². The molecule has 1 spiro atoms. The second kappa shape index (κ2) is 6.54. The molecule has 1 saturated heterocycles. The van der Waals surface area contributed by atoms with Crippen molar-refractivity contribution in [2.75, 3.05) is 20.2 Å². The van der Waals surface area contributed by atoms with Crippen molar-refractivity contribution in [2.45, 2.75) is 24.9 Å². The third-order valence-electron chi connectivity index (χ3n) is 4.49. The number of piperidine rings is 1. The molecule has 25 heavy (non-hydrogen) atoms. The van der Waals surface area contributed by atoms with Crippen molar-refractivity contribution in [3.63, 3.8) is 0 Å². The van der Waals surface area contributed by atoms with E-state index in [1.54, 1.807) is 4.90 Å². The number of hydrogen-bond donors (Lipinski definition) is 1. The van der Waals surface area contributed by atoms with E-state index in [0.29, 0.717) is 37.7 Å². The minimum Gasteiger partial charge on any atom is -0.507 e. The van der Waals surface area contributed by atoms with Crippen molar-refractivity contribution in [3.8, 4) is 5.75 Å². The monoisotopic (exact) mass is 346 g/mol. The van der Waals surface area contributed by atoms with Gasteiger partial charge in [0.2, 0.25) is 0 Å². The average molecular weight is 346 g/mol. The van der Waals surface area contributed by atoms with Crippen LogP contribution in [0.25, 0.3) is 0 Å². The average Bonchev–Trinajstić information content (AvgIpc) is 3.04. The summed E-state index contributed by atoms with van der Waals surface area (Å²) >= 11 is 0. The van der Waals surface area contributed by atoms with Gasteiger partial charge in [-0.25, -0.2) is 4.79 Å². The van der Waals surface area contributed by atoms with Gasteiger partial charge >= 0.3 is 5.97 Å². The number of rotatable bonds is 3. The Bertz CT molecular complexity index is 760. The molecule has 3 rings (SSSR count). The lowest BCUT2D eigenvalue weighted by molar-refractivity contribution is -0.132. The van der Waals surface area contributed by atoms with Crippen LogP contribution >= 0.6 is 0 Å². The number of methoxy groups -OCH3 is 1. The van der Waals surface area contributed by atoms with Gasteiger partial charge in [0.25, 0.3) is 5.91 Å². The number of aromatic hydroxyl groups is 1. The molecule has 1 amide bonds. The van der Waals surface area contributed by atoms with Gasteiger partial charge in [0.15, 0.2) is 17.6 Å². The molecule has 0 aromatic heterocycles. The molecular formula is C17H18N2O6. The van der Waals surface area contributed by atoms with Gasteiger partial charge in [-0.1, -0.05) is 5.16 Å². The number of ether oxygens (including phenoxy) is 1. The normalized spacial score (nSPS) is 22.3. The molecule has 0 radical (unpaired) electrons. The fourth-order valence-corrected chi connectivity index (χ4v) is 3.20. The highest BCUT2D eigenvalue weighted by molar-refractivity contribution is 6.36. The van der Waals surface area contributed by atoms with E-state index >= 15 is 0 Å². The van der Waals surface area contributed by atoms with Crippen molar-refractivity contribution < 1.29 is 29.1 Å². The second-order valence-corrected chi connectivity index (χ2v) is 6.20. The summed E-state index contributed by atoms with van der Waals surface area (Å²) in [6.07, 6.45) is 2.17. The van der Waals surface area contributed by atoms with Crippen molar-refractivity contribution in [1.29, 1.82) is 0 Å². The number of phenols is 1. The van der Waals surface area contributed by atoms with E-state index in [-0.39, 0.29) is 29.5 Å². The maximum Gasteiger partial charge on any atom is 0.355 e. The highest BCUT2D eigenvalue weighted by Crippen LogP contribution is 2.34. The molecule has 1 fully saturated rings. The molecule has 1 atom stereocenters. The molecule has 0 bridgehead atoms. The van der Waals surface area contributed by atoms with Crippen molar-refractivity contribution in [2.24, 2.45) is 5.16 Å². The predicted molar refractivity (Wildman–Crippen MR) is 86.5 cm³/mol. The molecule has 132 valence electrons. The fraction of sp³-hybridized carbons (Fsp3) is 0.412. The first-order chi connectivity index (χ1) is 12.0. The van der Waals surface area contributed by atoms with Crippen LogP contribution in [0.5, 0.6) is 5.75 Å². The van der Waals surface area contributed by atoms with Gasteiger partial charge in [-0.15, -0.1) is 0 Å². The van der Waals surface area contributed by atoms with Gasteiger partial charge < -0.3 is 19.6 Å². The first-order valence-corrected chi connectivity index (χ1v) is 7.89. The van der Waals surface area contributed by atoms with Crippen LogP contribution < -0.4 is 0 Å². The van der Waals surface area contributed by atoms with Crippen LogP contribution in [-0.2, 0) is 14.4 Å². The van der Waals surface area contributed by atoms with E-state index < -0.39 is 11.6 Å². The molecule has 1 aromatic carbocycles. The van der Waals surface area contributed by atoms with E-state index in [1.807, 2.05) is 0 Å². The first kappa shape index (κ1) is 16.9. The molecule has 2 aliphatic rings. The smallest absolute Gasteiger partial charge is 0.355 e. The first-order valence-electron chi connectivity index (χ1n) is 7.89. The van der Waals surface area contributed by atoms with Gasteiger partial charge in [-0.2, -0.15) is 0 Å². The van der Waals surface area contributed by atoms with Crippen LogP contribution in [0.15, 0.2) is 23.4 Å². The largest absolute Gasteiger partial charge is 0.507 e. The number of carbonyl (C=O) groups is 3. The van der Waals surface area contributed by atoms with Crippen molar-refractivity contribution in [1.82, 2.24) is 4.90 Å². The van der Waals surface area contributed by atoms with E-state index in [9.17, 15) is 19.5 Å². The molecule has 0 saturated carbocycles. The lowest BCUT2D eigenvalue weighted by Gasteiger charge is -2.38. The van der Waals surface area contributed by atoms with Crippen molar-refractivity contribution >= 4 is 23.9 Å². The van der Waals surface area contributed by atoms with Gasteiger partial charge in [0, 0.05) is 18.5 Å². The summed E-state index contributed by atoms with van der Waals surface area (Å²) in [5, 5.41) is 13.4. The van der Waals surface area contributed by atoms with Crippen LogP contribution in [0.1, 0.15) is 40.0 Å². The molecule has 1 N–H and O–H groups in total. The summed E-state index contributed by atoms with van der Waals surface area (Å²) in [5.41, 5.74) is -0.137. The Morgan fingerprint density at radius 3 is 2.96 bits per heavy atom. The van der Waals surface area contributed by atoms with Crippen LogP contribution in [0, 0.1) is 0 Å². The fourth-order valence-electron chi connectivity index (χ4n) is 3.20. The predicted octanol–water partition coefficient (Wildman–Crippen LogP) is 1.13. The number of oxime groups is 1. The Morgan fingerprint density at radius 2 is 2.24 bits per heavy atom. The maximum atomic E-state index is 12.7. The summed E-state index contributed by atoms with van der Waals surface area (Å²) in [4.78, 5) is 42.4. The SMILES string of the molecule is COC(=O)C1=NOC2(CCCN(C(=O)c3ccc(O)c(C=O)c3)C2)C1. The summed E-state index contributed by atoms with van der Waals surface area (Å²) in [6, 6.07) is 4.15. The summed E-state index contributed by atoms with van der Waals surface area (Å²) in [6.45, 7) is 0.821. The Kier molecular flexibility index (Phi) is 4.43. The highest BCUT2D eigenvalue weighted by atomic mass is 16.7. The Balaban J connectivity index is 1.75. The van der Waals surface area contributed by atoms with E-state index in [0.717, 1.165) is 0 Å². The highest BCUT2D eigenvalue weighted by Gasteiger charge is 2.46. The Labute approximate surface area is 144 Å². The maximum absolute atomic E-state index is 12.7. The Morgan fingerprint density at radius 1 is 1.44 bits per heavy atom. The number of hydrogen-bond acceptors (Lipinski definition) is 7. The number of phenolic OH excluding ortho intramolecular Hbond substituents is 1. The molecule has 1 aromatic rings. The zero-order chi connectivity index (χ0) is 18.0. The van der Waals surface area contributed by atoms with Gasteiger partial charge in [0.1, 0.15) is 5.75 Å². The molecular weight excluding hydrogens is 328 g/mol. The molecule has 8 heteroatoms. The number of carbonyl (C=O) groups excluding carboxylic acids is 3. The van der Waals surface area contributed by atoms with E-state index in [1.165, 1.54) is 25.3 Å². The third-order valence-corrected chi connectivity index (χ3v) is 4.49. The molecule has 1 unspecified atom stereocenters. The lowest BCUT2D eigenvalue weighted by atomic mass is 9.88. The van der Waals surface area contributed by atoms with Crippen molar-refractivity contribution in [3.05, 3.63) is 29.3 Å². The number of amides is 1. The van der Waals surface area contributed by atoms with Crippen LogP contribution in [0.3, 0.4) is 0 Å². The lowest BCUT2D eigenvalue weighted by Crippen LogP contribution is -2.50. The summed E-state index contributed by atoms with van der Waals surface area (Å²) in [5.74, 6) is -0.969. The summed E-state index contributed by atoms with van der Waals surface area (Å²) < 4.78 is 4.66. The molecule has 2 heterocycles. The van der Waals surface area contributed by atoms with E-state index in [2.05, 4.69) is 9.89 Å². The minimum atomic E-state index is -0.720. The zero-order valence-corrected chi connectivity index (χ0v) is 13.7. The number of benzene rings is 1.